The summed E-state index contributed by atoms with van der Waals surface area (Å²) in [6.45, 7) is 3.88. The molecule has 2 aliphatic heterocycles. The van der Waals surface area contributed by atoms with E-state index in [9.17, 15) is 22.9 Å². The third-order valence-corrected chi connectivity index (χ3v) is 9.41. The zero-order chi connectivity index (χ0) is 28.7. The van der Waals surface area contributed by atoms with Gasteiger partial charge in [-0.25, -0.2) is 9.37 Å². The Labute approximate surface area is 235 Å². The van der Waals surface area contributed by atoms with Gasteiger partial charge in [0.1, 0.15) is 17.4 Å². The molecule has 0 aliphatic carbocycles. The molecule has 14 heteroatoms. The highest BCUT2D eigenvalue weighted by atomic mass is 35.5. The molecule has 0 radical (unpaired) electrons. The third-order valence-electron chi connectivity index (χ3n) is 7.48. The Morgan fingerprint density at radius 2 is 2.10 bits per heavy atom. The lowest BCUT2D eigenvalue weighted by Gasteiger charge is -2.32. The molecule has 0 unspecified atom stereocenters. The first-order chi connectivity index (χ1) is 19.1. The maximum absolute atomic E-state index is 14.9. The smallest absolute Gasteiger partial charge is 0.301 e. The fourth-order valence-corrected chi connectivity index (χ4v) is 6.31. The average Bonchev–Trinajstić information content (AvgIpc) is 3.34. The van der Waals surface area contributed by atoms with Crippen LogP contribution < -0.4 is 20.3 Å². The first-order valence-corrected chi connectivity index (χ1v) is 14.6. The number of hydrogen-bond acceptors (Lipinski definition) is 8. The van der Waals surface area contributed by atoms with Crippen LogP contribution in [-0.4, -0.2) is 61.2 Å². The van der Waals surface area contributed by atoms with Gasteiger partial charge in [0, 0.05) is 13.6 Å². The summed E-state index contributed by atoms with van der Waals surface area (Å²) >= 11 is 6.63. The van der Waals surface area contributed by atoms with E-state index in [0.29, 0.717) is 18.5 Å². The van der Waals surface area contributed by atoms with Crippen molar-refractivity contribution in [3.8, 4) is 17.6 Å². The highest BCUT2D eigenvalue weighted by molar-refractivity contribution is 7.90. The number of nitrogens with one attached hydrogen (secondary N) is 2. The zero-order valence-corrected chi connectivity index (χ0v) is 23.5. The average molecular weight is 591 g/mol. The molecule has 2 aliphatic rings. The molecule has 3 aromatic rings. The summed E-state index contributed by atoms with van der Waals surface area (Å²) in [5.41, 5.74) is -0.913. The number of anilines is 1. The van der Waals surface area contributed by atoms with Crippen molar-refractivity contribution in [3.63, 3.8) is 0 Å². The minimum Gasteiger partial charge on any atom is -0.451 e. The largest absolute Gasteiger partial charge is 0.451 e. The van der Waals surface area contributed by atoms with Crippen molar-refractivity contribution in [3.05, 3.63) is 57.3 Å². The van der Waals surface area contributed by atoms with Crippen molar-refractivity contribution in [2.24, 2.45) is 0 Å². The first kappa shape index (κ1) is 28.3. The van der Waals surface area contributed by atoms with Crippen molar-refractivity contribution in [1.29, 1.82) is 5.26 Å². The fourth-order valence-electron chi connectivity index (χ4n) is 5.08. The third kappa shape index (κ3) is 5.13. The van der Waals surface area contributed by atoms with Gasteiger partial charge in [-0.1, -0.05) is 18.5 Å². The summed E-state index contributed by atoms with van der Waals surface area (Å²) in [7, 11) is -2.65. The Hall–Kier alpha value is -3.28. The van der Waals surface area contributed by atoms with Crippen molar-refractivity contribution in [2.45, 2.75) is 37.8 Å². The number of halogens is 2. The van der Waals surface area contributed by atoms with Crippen LogP contribution in [0.15, 0.2) is 35.4 Å². The lowest BCUT2D eigenvalue weighted by molar-refractivity contribution is -0.0196. The van der Waals surface area contributed by atoms with Crippen LogP contribution >= 0.6 is 11.6 Å². The summed E-state index contributed by atoms with van der Waals surface area (Å²) in [6, 6.07) is 6.59. The van der Waals surface area contributed by atoms with Gasteiger partial charge in [-0.2, -0.15) is 18.0 Å². The summed E-state index contributed by atoms with van der Waals surface area (Å²) in [5.74, 6) is -1.55. The summed E-state index contributed by atoms with van der Waals surface area (Å²) in [6.07, 6.45) is 3.86. The van der Waals surface area contributed by atoms with Crippen LogP contribution in [0.2, 0.25) is 5.02 Å². The van der Waals surface area contributed by atoms with E-state index in [4.69, 9.17) is 21.1 Å². The Bertz CT molecular complexity index is 1670. The van der Waals surface area contributed by atoms with Crippen LogP contribution in [0.4, 0.5) is 10.1 Å². The highest BCUT2D eigenvalue weighted by Crippen LogP contribution is 2.40. The van der Waals surface area contributed by atoms with Gasteiger partial charge < -0.3 is 14.8 Å². The van der Waals surface area contributed by atoms with Gasteiger partial charge in [0.25, 0.3) is 5.56 Å². The highest BCUT2D eigenvalue weighted by Gasteiger charge is 2.42. The maximum Gasteiger partial charge on any atom is 0.301 e. The van der Waals surface area contributed by atoms with Gasteiger partial charge in [-0.15, -0.1) is 0 Å². The van der Waals surface area contributed by atoms with Crippen LogP contribution in [0, 0.1) is 17.1 Å². The summed E-state index contributed by atoms with van der Waals surface area (Å²) in [4.78, 5) is 18.0. The molecule has 2 N–H and O–H groups in total. The number of piperidine rings is 1. The fraction of sp³-hybridized carbons (Fsp3) is 0.423. The monoisotopic (exact) mass is 590 g/mol. The van der Waals surface area contributed by atoms with E-state index < -0.39 is 27.3 Å². The number of ether oxygens (including phenoxy) is 2. The second kappa shape index (κ2) is 10.9. The van der Waals surface area contributed by atoms with Gasteiger partial charge in [-0.05, 0) is 56.6 Å². The lowest BCUT2D eigenvalue weighted by atomic mass is 9.88. The van der Waals surface area contributed by atoms with E-state index in [1.165, 1.54) is 30.1 Å². The number of aromatic nitrogens is 2. The molecule has 0 amide bonds. The van der Waals surface area contributed by atoms with Crippen molar-refractivity contribution in [2.75, 3.05) is 38.0 Å². The number of fused-ring (bicyclic) bond motifs is 1. The molecular formula is C26H28ClFN6O5S. The number of nitriles is 1. The second-order valence-corrected chi connectivity index (χ2v) is 12.0. The van der Waals surface area contributed by atoms with Crippen molar-refractivity contribution >= 4 is 38.4 Å². The van der Waals surface area contributed by atoms with Crippen LogP contribution in [-0.2, 0) is 14.9 Å². The van der Waals surface area contributed by atoms with Gasteiger partial charge in [0.2, 0.25) is 0 Å². The number of hydrogen-bond donors (Lipinski definition) is 2. The van der Waals surface area contributed by atoms with E-state index in [2.05, 4.69) is 15.0 Å². The molecular weight excluding hydrogens is 563 g/mol. The van der Waals surface area contributed by atoms with E-state index in [-0.39, 0.29) is 45.6 Å². The summed E-state index contributed by atoms with van der Waals surface area (Å²) < 4.78 is 56.7. The molecule has 3 heterocycles. The lowest BCUT2D eigenvalue weighted by Crippen LogP contribution is -2.41. The van der Waals surface area contributed by atoms with Gasteiger partial charge in [-0.3, -0.25) is 14.1 Å². The Morgan fingerprint density at radius 3 is 2.80 bits per heavy atom. The normalized spacial score (nSPS) is 18.8. The molecule has 1 spiro atoms. The molecule has 40 heavy (non-hydrogen) atoms. The zero-order valence-electron chi connectivity index (χ0n) is 21.9. The molecule has 2 aromatic carbocycles. The number of nitrogens with zero attached hydrogens (tertiary/aromatic N) is 4. The van der Waals surface area contributed by atoms with E-state index in [1.54, 1.807) is 13.0 Å². The molecule has 0 bridgehead atoms. The molecule has 2 fully saturated rings. The van der Waals surface area contributed by atoms with Crippen molar-refractivity contribution < 1.29 is 22.3 Å². The molecule has 5 rings (SSSR count). The predicted molar refractivity (Wildman–Crippen MR) is 147 cm³/mol. The molecule has 1 atom stereocenters. The molecule has 0 saturated carbocycles. The number of rotatable bonds is 7. The SMILES string of the molecule is CCN(C)S(=O)(=O)Nc1ccc(F)c(Oc2ccc3ncn([C@@H]4COC5(CCNCC5)C4)c(=O)c3c2Cl)c1C#N. The van der Waals surface area contributed by atoms with Crippen LogP contribution in [0.5, 0.6) is 11.5 Å². The molecule has 212 valence electrons. The topological polar surface area (TPSA) is 139 Å². The van der Waals surface area contributed by atoms with Gasteiger partial charge >= 0.3 is 10.2 Å². The minimum atomic E-state index is -4.00. The second-order valence-electron chi connectivity index (χ2n) is 9.86. The quantitative estimate of drug-likeness (QED) is 0.426. The molecule has 1 aromatic heterocycles. The van der Waals surface area contributed by atoms with Crippen LogP contribution in [0.25, 0.3) is 10.9 Å². The number of benzene rings is 2. The Morgan fingerprint density at radius 1 is 1.35 bits per heavy atom. The summed E-state index contributed by atoms with van der Waals surface area (Å²) in [5, 5.41) is 13.1. The van der Waals surface area contributed by atoms with E-state index in [1.807, 2.05) is 0 Å². The Kier molecular flexibility index (Phi) is 7.73. The van der Waals surface area contributed by atoms with Gasteiger partial charge in [0.05, 0.1) is 46.2 Å². The maximum atomic E-state index is 14.9. The van der Waals surface area contributed by atoms with E-state index >= 15 is 0 Å². The molecule has 11 nitrogen and oxygen atoms in total. The van der Waals surface area contributed by atoms with E-state index in [0.717, 1.165) is 42.4 Å². The van der Waals surface area contributed by atoms with Crippen LogP contribution in [0.3, 0.4) is 0 Å². The van der Waals surface area contributed by atoms with Crippen molar-refractivity contribution in [1.82, 2.24) is 19.2 Å². The van der Waals surface area contributed by atoms with Crippen LogP contribution in [0.1, 0.15) is 37.8 Å². The predicted octanol–water partition coefficient (Wildman–Crippen LogP) is 3.54. The minimum absolute atomic E-state index is 0.0771. The first-order valence-electron chi connectivity index (χ1n) is 12.8. The Balaban J connectivity index is 1.51. The van der Waals surface area contributed by atoms with Gasteiger partial charge in [0.15, 0.2) is 11.6 Å². The standard InChI is InChI=1S/C26H28ClFN6O5S/c1-3-33(2)40(36,37)32-19-5-4-18(28)24(17(19)13-29)39-21-7-6-20-22(23(21)27)25(35)34(15-31-20)16-12-26(38-14-16)8-10-30-11-9-26/h4-7,15-16,30,32H,3,8-12,14H2,1-2H3/t16-/m0/s1. The molecule has 2 saturated heterocycles.